The van der Waals surface area contributed by atoms with Crippen LogP contribution in [0.5, 0.6) is 0 Å². The van der Waals surface area contributed by atoms with Gasteiger partial charge in [0.25, 0.3) is 5.91 Å². The van der Waals surface area contributed by atoms with Crippen molar-refractivity contribution in [2.24, 2.45) is 5.73 Å². The second kappa shape index (κ2) is 13.9. The third kappa shape index (κ3) is 8.62. The van der Waals surface area contributed by atoms with Crippen LogP contribution in [0.2, 0.25) is 5.02 Å². The molecule has 2 aromatic carbocycles. The first-order valence-electron chi connectivity index (χ1n) is 12.4. The minimum Gasteiger partial charge on any atom is -0.378 e. The Hall–Kier alpha value is -3.77. The molecule has 1 atom stereocenters. The number of nitrogens with one attached hydrogen (secondary N) is 2. The molecule has 1 unspecified atom stereocenters. The van der Waals surface area contributed by atoms with E-state index in [0.717, 1.165) is 41.1 Å². The zero-order valence-corrected chi connectivity index (χ0v) is 22.6. The fourth-order valence-corrected chi connectivity index (χ4v) is 4.78. The Morgan fingerprint density at radius 2 is 1.72 bits per heavy atom. The van der Waals surface area contributed by atoms with Crippen LogP contribution in [-0.4, -0.2) is 37.3 Å². The lowest BCUT2D eigenvalue weighted by Crippen LogP contribution is -2.21. The fourth-order valence-electron chi connectivity index (χ4n) is 3.79. The monoisotopic (exact) mass is 565 g/mol. The maximum Gasteiger partial charge on any atom is 0.259 e. The summed E-state index contributed by atoms with van der Waals surface area (Å²) in [5.74, 6) is -0.517. The van der Waals surface area contributed by atoms with Crippen molar-refractivity contribution in [2.45, 2.75) is 44.8 Å². The van der Waals surface area contributed by atoms with E-state index in [2.05, 4.69) is 31.0 Å². The highest BCUT2D eigenvalue weighted by molar-refractivity contribution is 7.15. The molecule has 0 saturated heterocycles. The van der Waals surface area contributed by atoms with Gasteiger partial charge in [-0.1, -0.05) is 59.3 Å². The number of nitrogens with two attached hydrogens (primary N) is 1. The number of aromatic nitrogens is 4. The van der Waals surface area contributed by atoms with Gasteiger partial charge in [-0.25, -0.2) is 0 Å². The van der Waals surface area contributed by atoms with E-state index in [0.29, 0.717) is 28.7 Å². The minimum atomic E-state index is -1.37. The van der Waals surface area contributed by atoms with Crippen molar-refractivity contribution >= 4 is 45.7 Å². The second-order valence-electron chi connectivity index (χ2n) is 8.81. The number of rotatable bonds is 12. The first-order chi connectivity index (χ1) is 18.9. The molecule has 0 aliphatic carbocycles. The third-order valence-electron chi connectivity index (χ3n) is 5.76. The lowest BCUT2D eigenvalue weighted by atomic mass is 10.1. The summed E-state index contributed by atoms with van der Waals surface area (Å²) in [5, 5.41) is 33.8. The number of carbonyl (C=O) groups excluding carboxylic acids is 2. The van der Waals surface area contributed by atoms with E-state index in [-0.39, 0.29) is 18.1 Å². The van der Waals surface area contributed by atoms with Crippen LogP contribution in [0.15, 0.2) is 60.7 Å². The maximum absolute atomic E-state index is 12.3. The van der Waals surface area contributed by atoms with Crippen LogP contribution in [0, 0.1) is 0 Å². The Kier molecular flexibility index (Phi) is 10.0. The first kappa shape index (κ1) is 28.2. The Morgan fingerprint density at radius 3 is 2.49 bits per heavy atom. The molecule has 0 bridgehead atoms. The van der Waals surface area contributed by atoms with Crippen LogP contribution < -0.4 is 16.4 Å². The van der Waals surface area contributed by atoms with Crippen LogP contribution in [0.4, 0.5) is 10.9 Å². The van der Waals surface area contributed by atoms with Crippen LogP contribution in [0.3, 0.4) is 0 Å². The van der Waals surface area contributed by atoms with E-state index >= 15 is 0 Å². The molecule has 0 aliphatic rings. The molecule has 39 heavy (non-hydrogen) atoms. The van der Waals surface area contributed by atoms with Gasteiger partial charge in [0.1, 0.15) is 5.01 Å². The Labute approximate surface area is 234 Å². The molecule has 2 aromatic heterocycles. The molecule has 0 saturated carbocycles. The molecule has 2 heterocycles. The van der Waals surface area contributed by atoms with Gasteiger partial charge in [-0.3, -0.25) is 9.59 Å². The van der Waals surface area contributed by atoms with Gasteiger partial charge >= 0.3 is 0 Å². The molecule has 12 heteroatoms. The molecule has 4 aromatic rings. The van der Waals surface area contributed by atoms with Crippen LogP contribution in [0.25, 0.3) is 0 Å². The molecule has 0 aliphatic heterocycles. The number of hydrogen-bond acceptors (Lipinski definition) is 9. The molecule has 5 N–H and O–H groups in total. The number of aryl methyl sites for hydroxylation is 2. The molecule has 4 rings (SSSR count). The lowest BCUT2D eigenvalue weighted by Gasteiger charge is -2.11. The summed E-state index contributed by atoms with van der Waals surface area (Å²) < 4.78 is 0. The normalized spacial score (nSPS) is 11.7. The van der Waals surface area contributed by atoms with Crippen molar-refractivity contribution in [3.63, 3.8) is 0 Å². The Bertz CT molecular complexity index is 1410. The highest BCUT2D eigenvalue weighted by Crippen LogP contribution is 2.20. The van der Waals surface area contributed by atoms with Crippen molar-refractivity contribution in [1.29, 1.82) is 0 Å². The van der Waals surface area contributed by atoms with E-state index < -0.39 is 12.0 Å². The average Bonchev–Trinajstić information content (AvgIpc) is 3.38. The van der Waals surface area contributed by atoms with Crippen molar-refractivity contribution in [3.8, 4) is 0 Å². The lowest BCUT2D eigenvalue weighted by molar-refractivity contribution is -0.124. The number of nitrogens with zero attached hydrogens (tertiary/aromatic N) is 4. The number of amides is 2. The van der Waals surface area contributed by atoms with E-state index in [1.807, 2.05) is 24.3 Å². The summed E-state index contributed by atoms with van der Waals surface area (Å²) >= 11 is 7.29. The standard InChI is InChI=1S/C27H28ClN7O3S/c28-20-8-4-7-19(15-20)25(37)26(38)30-22-12-11-21(32-33-22)9-1-2-10-24-34-35-27(39-24)31-23(36)14-17-5-3-6-18(13-17)16-29/h3-8,11-13,15,25,37H,1-2,9-10,14,16,29H2,(H,30,33,38)(H,31,35,36). The van der Waals surface area contributed by atoms with Gasteiger partial charge in [-0.15, -0.1) is 15.3 Å². The molecule has 0 radical (unpaired) electrons. The number of halogens is 1. The number of unbranched alkanes of at least 4 members (excludes halogenated alkanes) is 1. The second-order valence-corrected chi connectivity index (χ2v) is 10.3. The molecule has 2 amide bonds. The SMILES string of the molecule is NCc1cccc(CC(=O)Nc2nnc(CCCCc3ccc(NC(=O)C(O)c4cccc(Cl)c4)nn3)s2)c1. The topological polar surface area (TPSA) is 156 Å². The average molecular weight is 566 g/mol. The van der Waals surface area contributed by atoms with Crippen molar-refractivity contribution < 1.29 is 14.7 Å². The molecule has 10 nitrogen and oxygen atoms in total. The van der Waals surface area contributed by atoms with E-state index in [4.69, 9.17) is 17.3 Å². The predicted molar refractivity (Wildman–Crippen MR) is 150 cm³/mol. The summed E-state index contributed by atoms with van der Waals surface area (Å²) in [5.41, 5.74) is 8.72. The zero-order valence-electron chi connectivity index (χ0n) is 21.0. The van der Waals surface area contributed by atoms with Gasteiger partial charge in [0.2, 0.25) is 11.0 Å². The summed E-state index contributed by atoms with van der Waals surface area (Å²) in [6.45, 7) is 0.432. The highest BCUT2D eigenvalue weighted by Gasteiger charge is 2.18. The van der Waals surface area contributed by atoms with Gasteiger partial charge in [0.05, 0.1) is 12.1 Å². The van der Waals surface area contributed by atoms with E-state index in [1.165, 1.54) is 17.4 Å². The Balaban J connectivity index is 1.17. The molecule has 202 valence electrons. The van der Waals surface area contributed by atoms with E-state index in [1.54, 1.807) is 30.3 Å². The molecular weight excluding hydrogens is 538 g/mol. The van der Waals surface area contributed by atoms with E-state index in [9.17, 15) is 14.7 Å². The summed E-state index contributed by atoms with van der Waals surface area (Å²) in [4.78, 5) is 24.7. The summed E-state index contributed by atoms with van der Waals surface area (Å²) in [6.07, 6.45) is 2.03. The van der Waals surface area contributed by atoms with Gasteiger partial charge in [-0.2, -0.15) is 5.10 Å². The van der Waals surface area contributed by atoms with Gasteiger partial charge in [-0.05, 0) is 60.2 Å². The number of aliphatic hydroxyl groups is 1. The molecular formula is C27H28ClN7O3S. The maximum atomic E-state index is 12.3. The zero-order chi connectivity index (χ0) is 27.6. The minimum absolute atomic E-state index is 0.149. The Morgan fingerprint density at radius 1 is 0.923 bits per heavy atom. The number of aliphatic hydroxyl groups excluding tert-OH is 1. The summed E-state index contributed by atoms with van der Waals surface area (Å²) in [6, 6.07) is 17.5. The molecule has 0 spiro atoms. The number of carbonyl (C=O) groups is 2. The van der Waals surface area contributed by atoms with Gasteiger partial charge in [0.15, 0.2) is 11.9 Å². The van der Waals surface area contributed by atoms with Crippen LogP contribution in [0.1, 0.15) is 46.3 Å². The van der Waals surface area contributed by atoms with Crippen molar-refractivity contribution in [3.05, 3.63) is 93.1 Å². The smallest absolute Gasteiger partial charge is 0.259 e. The van der Waals surface area contributed by atoms with Crippen LogP contribution >= 0.6 is 22.9 Å². The number of benzene rings is 2. The molecule has 0 fully saturated rings. The quantitative estimate of drug-likeness (QED) is 0.189. The summed E-state index contributed by atoms with van der Waals surface area (Å²) in [7, 11) is 0. The van der Waals surface area contributed by atoms with Crippen LogP contribution in [-0.2, 0) is 35.4 Å². The highest BCUT2D eigenvalue weighted by atomic mass is 35.5. The van der Waals surface area contributed by atoms with Gasteiger partial charge < -0.3 is 21.5 Å². The first-order valence-corrected chi connectivity index (χ1v) is 13.6. The van der Waals surface area contributed by atoms with Gasteiger partial charge in [0, 0.05) is 18.0 Å². The third-order valence-corrected chi connectivity index (χ3v) is 6.90. The van der Waals surface area contributed by atoms with Crippen molar-refractivity contribution in [2.75, 3.05) is 10.6 Å². The predicted octanol–water partition coefficient (Wildman–Crippen LogP) is 3.86. The number of hydrogen-bond donors (Lipinski definition) is 4. The van der Waals surface area contributed by atoms with Crippen molar-refractivity contribution in [1.82, 2.24) is 20.4 Å². The number of anilines is 2. The largest absolute Gasteiger partial charge is 0.378 e. The fraction of sp³-hybridized carbons (Fsp3) is 0.259.